The monoisotopic (exact) mass is 342 g/mol. The highest BCUT2D eigenvalue weighted by molar-refractivity contribution is 8.26. The van der Waals surface area contributed by atoms with Crippen molar-refractivity contribution in [3.8, 4) is 0 Å². The van der Waals surface area contributed by atoms with Crippen LogP contribution in [-0.2, 0) is 9.59 Å². The van der Waals surface area contributed by atoms with Gasteiger partial charge in [0.1, 0.15) is 10.4 Å². The van der Waals surface area contributed by atoms with Crippen molar-refractivity contribution < 1.29 is 14.7 Å². The molecule has 2 N–H and O–H groups in total. The second-order valence-corrected chi connectivity index (χ2v) is 6.97. The standard InChI is InChI=1S/C13H14N2O3S3/c1-20-6-4-9(12(17)18)15-11(16)10(21-13(15)19)7-8-3-2-5-14-8/h2-3,5,7,9,14H,4,6H2,1H3,(H,17,18)/b10-7-. The average Bonchev–Trinajstić information content (AvgIpc) is 3.02. The SMILES string of the molecule is CSCCC(C(=O)O)N1C(=O)/C(=C/c2ccc[nH]2)SC1=S. The number of H-pyrrole nitrogens is 1. The van der Waals surface area contributed by atoms with Gasteiger partial charge in [-0.3, -0.25) is 9.69 Å². The predicted octanol–water partition coefficient (Wildman–Crippen LogP) is 2.42. The molecule has 0 bridgehead atoms. The number of hydrogen-bond donors (Lipinski definition) is 2. The molecule has 112 valence electrons. The van der Waals surface area contributed by atoms with Gasteiger partial charge in [0.05, 0.1) is 4.91 Å². The van der Waals surface area contributed by atoms with Crippen LogP contribution in [0.15, 0.2) is 23.2 Å². The van der Waals surface area contributed by atoms with E-state index in [4.69, 9.17) is 12.2 Å². The molecule has 8 heteroatoms. The molecule has 1 amide bonds. The van der Waals surface area contributed by atoms with E-state index in [0.29, 0.717) is 21.4 Å². The first kappa shape index (κ1) is 16.1. The van der Waals surface area contributed by atoms with Gasteiger partial charge < -0.3 is 10.1 Å². The number of carboxylic acids is 1. The smallest absolute Gasteiger partial charge is 0.326 e. The van der Waals surface area contributed by atoms with E-state index in [2.05, 4.69) is 4.98 Å². The highest BCUT2D eigenvalue weighted by Gasteiger charge is 2.40. The maximum Gasteiger partial charge on any atom is 0.326 e. The number of thioether (sulfide) groups is 2. The number of nitrogens with zero attached hydrogens (tertiary/aromatic N) is 1. The van der Waals surface area contributed by atoms with Crippen molar-refractivity contribution in [2.45, 2.75) is 12.5 Å². The van der Waals surface area contributed by atoms with Crippen LogP contribution in [0.3, 0.4) is 0 Å². The predicted molar refractivity (Wildman–Crippen MR) is 90.2 cm³/mol. The van der Waals surface area contributed by atoms with Crippen LogP contribution in [0.4, 0.5) is 0 Å². The average molecular weight is 342 g/mol. The van der Waals surface area contributed by atoms with Gasteiger partial charge in [-0.2, -0.15) is 11.8 Å². The number of aromatic nitrogens is 1. The lowest BCUT2D eigenvalue weighted by molar-refractivity contribution is -0.145. The van der Waals surface area contributed by atoms with Crippen molar-refractivity contribution in [1.29, 1.82) is 0 Å². The van der Waals surface area contributed by atoms with Crippen LogP contribution in [0.5, 0.6) is 0 Å². The number of thiocarbonyl (C=S) groups is 1. The van der Waals surface area contributed by atoms with Crippen molar-refractivity contribution in [2.75, 3.05) is 12.0 Å². The van der Waals surface area contributed by atoms with Gasteiger partial charge in [-0.25, -0.2) is 4.79 Å². The maximum absolute atomic E-state index is 12.4. The number of nitrogens with one attached hydrogen (secondary N) is 1. The zero-order chi connectivity index (χ0) is 15.4. The van der Waals surface area contributed by atoms with E-state index in [1.807, 2.05) is 18.4 Å². The lowest BCUT2D eigenvalue weighted by Crippen LogP contribution is -2.44. The Morgan fingerprint density at radius 1 is 1.67 bits per heavy atom. The number of aliphatic carboxylic acids is 1. The first-order valence-electron chi connectivity index (χ1n) is 6.16. The first-order valence-corrected chi connectivity index (χ1v) is 8.78. The molecule has 1 aromatic rings. The molecule has 1 atom stereocenters. The van der Waals surface area contributed by atoms with Crippen LogP contribution in [0, 0.1) is 0 Å². The molecule has 0 radical (unpaired) electrons. The fourth-order valence-electron chi connectivity index (χ4n) is 1.92. The summed E-state index contributed by atoms with van der Waals surface area (Å²) in [5, 5.41) is 9.34. The Balaban J connectivity index is 2.22. The fourth-order valence-corrected chi connectivity index (χ4v) is 3.72. The quantitative estimate of drug-likeness (QED) is 0.611. The minimum atomic E-state index is -1.03. The van der Waals surface area contributed by atoms with Gasteiger partial charge in [-0.15, -0.1) is 0 Å². The van der Waals surface area contributed by atoms with E-state index in [-0.39, 0.29) is 5.91 Å². The van der Waals surface area contributed by atoms with Crippen LogP contribution < -0.4 is 0 Å². The zero-order valence-electron chi connectivity index (χ0n) is 11.2. The molecule has 1 aromatic heterocycles. The maximum atomic E-state index is 12.4. The lowest BCUT2D eigenvalue weighted by Gasteiger charge is -2.22. The van der Waals surface area contributed by atoms with Crippen LogP contribution in [0.25, 0.3) is 6.08 Å². The molecule has 5 nitrogen and oxygen atoms in total. The summed E-state index contributed by atoms with van der Waals surface area (Å²) in [4.78, 5) is 28.5. The van der Waals surface area contributed by atoms with E-state index >= 15 is 0 Å². The molecule has 1 unspecified atom stereocenters. The number of carbonyl (C=O) groups is 2. The fraction of sp³-hybridized carbons (Fsp3) is 0.308. The van der Waals surface area contributed by atoms with E-state index in [1.54, 1.807) is 24.0 Å². The van der Waals surface area contributed by atoms with E-state index in [0.717, 1.165) is 17.5 Å². The molecule has 0 saturated carbocycles. The molecule has 1 fully saturated rings. The Morgan fingerprint density at radius 2 is 2.43 bits per heavy atom. The van der Waals surface area contributed by atoms with Gasteiger partial charge in [0.15, 0.2) is 0 Å². The molecule has 1 saturated heterocycles. The van der Waals surface area contributed by atoms with Crippen LogP contribution in [0.2, 0.25) is 0 Å². The minimum Gasteiger partial charge on any atom is -0.480 e. The van der Waals surface area contributed by atoms with Crippen molar-refractivity contribution in [3.05, 3.63) is 28.9 Å². The third kappa shape index (κ3) is 3.69. The second-order valence-electron chi connectivity index (χ2n) is 4.31. The van der Waals surface area contributed by atoms with Crippen molar-refractivity contribution >= 4 is 58.0 Å². The third-order valence-electron chi connectivity index (χ3n) is 2.92. The van der Waals surface area contributed by atoms with Gasteiger partial charge in [-0.1, -0.05) is 24.0 Å². The third-order valence-corrected chi connectivity index (χ3v) is 4.90. The topological polar surface area (TPSA) is 73.4 Å². The Bertz CT molecular complexity index is 583. The molecule has 0 spiro atoms. The number of carbonyl (C=O) groups excluding carboxylic acids is 1. The largest absolute Gasteiger partial charge is 0.480 e. The van der Waals surface area contributed by atoms with Crippen molar-refractivity contribution in [1.82, 2.24) is 9.88 Å². The summed E-state index contributed by atoms with van der Waals surface area (Å²) in [6.07, 6.45) is 5.71. The van der Waals surface area contributed by atoms with Gasteiger partial charge in [0.25, 0.3) is 5.91 Å². The normalized spacial score (nSPS) is 18.5. The summed E-state index contributed by atoms with van der Waals surface area (Å²) in [7, 11) is 0. The molecule has 1 aliphatic rings. The summed E-state index contributed by atoms with van der Waals surface area (Å²) in [6, 6.07) is 2.75. The Kier molecular flexibility index (Phi) is 5.49. The zero-order valence-corrected chi connectivity index (χ0v) is 13.7. The number of carboxylic acid groups (broad SMARTS) is 1. The Morgan fingerprint density at radius 3 is 3.00 bits per heavy atom. The second kappa shape index (κ2) is 7.15. The molecule has 0 aromatic carbocycles. The van der Waals surface area contributed by atoms with E-state index in [9.17, 15) is 14.7 Å². The summed E-state index contributed by atoms with van der Waals surface area (Å²) in [5.74, 6) is -0.710. The van der Waals surface area contributed by atoms with Crippen LogP contribution >= 0.6 is 35.7 Å². The summed E-state index contributed by atoms with van der Waals surface area (Å²) in [5.41, 5.74) is 0.784. The highest BCUT2D eigenvalue weighted by Crippen LogP contribution is 2.34. The minimum absolute atomic E-state index is 0.298. The first-order chi connectivity index (χ1) is 10.0. The van der Waals surface area contributed by atoms with Gasteiger partial charge in [0, 0.05) is 11.9 Å². The molecule has 21 heavy (non-hydrogen) atoms. The number of aromatic amines is 1. The van der Waals surface area contributed by atoms with E-state index < -0.39 is 12.0 Å². The van der Waals surface area contributed by atoms with Crippen molar-refractivity contribution in [3.63, 3.8) is 0 Å². The number of rotatable bonds is 6. The summed E-state index contributed by atoms with van der Waals surface area (Å²) in [6.45, 7) is 0. The highest BCUT2D eigenvalue weighted by atomic mass is 32.2. The van der Waals surface area contributed by atoms with Gasteiger partial charge in [0.2, 0.25) is 0 Å². The molecule has 0 aliphatic carbocycles. The Labute approximate surface area is 136 Å². The van der Waals surface area contributed by atoms with Crippen LogP contribution in [0.1, 0.15) is 12.1 Å². The van der Waals surface area contributed by atoms with Gasteiger partial charge >= 0.3 is 5.97 Å². The summed E-state index contributed by atoms with van der Waals surface area (Å²) < 4.78 is 0.298. The molecule has 2 heterocycles. The number of amides is 1. The molecular weight excluding hydrogens is 328 g/mol. The molecular formula is C13H14N2O3S3. The van der Waals surface area contributed by atoms with Crippen molar-refractivity contribution in [2.24, 2.45) is 0 Å². The summed E-state index contributed by atoms with van der Waals surface area (Å²) >= 11 is 7.86. The van der Waals surface area contributed by atoms with Crippen LogP contribution in [-0.4, -0.2) is 49.2 Å². The Hall–Kier alpha value is -1.25. The number of hydrogen-bond acceptors (Lipinski definition) is 5. The lowest BCUT2D eigenvalue weighted by atomic mass is 10.2. The molecule has 2 rings (SSSR count). The molecule has 1 aliphatic heterocycles. The van der Waals surface area contributed by atoms with E-state index in [1.165, 1.54) is 4.90 Å². The van der Waals surface area contributed by atoms with Gasteiger partial charge in [-0.05, 0) is 36.6 Å².